The summed E-state index contributed by atoms with van der Waals surface area (Å²) in [6, 6.07) is 6.80. The van der Waals surface area contributed by atoms with Crippen molar-refractivity contribution >= 4 is 35.8 Å². The quantitative estimate of drug-likeness (QED) is 0.211. The average molecular weight is 538 g/mol. The SMILES string of the molecule is CC(=O)O.CC(=O)O.CC(=O)O.CC(=O)O.CC(=O)O.NCCNCC(N)Cc1ccc(C(=O)O)cc1. The van der Waals surface area contributed by atoms with Crippen LogP contribution in [0.5, 0.6) is 0 Å². The van der Waals surface area contributed by atoms with E-state index < -0.39 is 35.8 Å². The van der Waals surface area contributed by atoms with Crippen LogP contribution < -0.4 is 16.8 Å². The smallest absolute Gasteiger partial charge is 0.335 e. The number of nitrogens with one attached hydrogen (secondary N) is 1. The highest BCUT2D eigenvalue weighted by molar-refractivity contribution is 5.87. The van der Waals surface area contributed by atoms with E-state index >= 15 is 0 Å². The molecule has 0 aliphatic heterocycles. The van der Waals surface area contributed by atoms with E-state index in [0.717, 1.165) is 53.1 Å². The van der Waals surface area contributed by atoms with E-state index in [1.807, 2.05) is 0 Å². The summed E-state index contributed by atoms with van der Waals surface area (Å²) in [7, 11) is 0. The van der Waals surface area contributed by atoms with Gasteiger partial charge in [-0.25, -0.2) is 4.79 Å². The monoisotopic (exact) mass is 537 g/mol. The minimum absolute atomic E-state index is 0.0113. The zero-order valence-electron chi connectivity index (χ0n) is 21.5. The van der Waals surface area contributed by atoms with Crippen molar-refractivity contribution in [3.05, 3.63) is 35.4 Å². The molecule has 1 atom stereocenters. The fourth-order valence-electron chi connectivity index (χ4n) is 1.55. The normalized spacial score (nSPS) is 9.05. The molecule has 0 aromatic heterocycles. The molecule has 1 rings (SSSR count). The van der Waals surface area contributed by atoms with Crippen molar-refractivity contribution in [3.63, 3.8) is 0 Å². The van der Waals surface area contributed by atoms with Crippen LogP contribution in [0.3, 0.4) is 0 Å². The van der Waals surface area contributed by atoms with Crippen LogP contribution >= 0.6 is 0 Å². The number of hydrogen-bond acceptors (Lipinski definition) is 9. The lowest BCUT2D eigenvalue weighted by Crippen LogP contribution is -2.37. The summed E-state index contributed by atoms with van der Waals surface area (Å²) in [4.78, 5) is 55.7. The minimum Gasteiger partial charge on any atom is -0.481 e. The molecule has 0 spiro atoms. The molecule has 0 saturated heterocycles. The van der Waals surface area contributed by atoms with Crippen molar-refractivity contribution in [2.24, 2.45) is 11.5 Å². The lowest BCUT2D eigenvalue weighted by Gasteiger charge is -2.12. The Morgan fingerprint density at radius 1 is 0.703 bits per heavy atom. The number of carboxylic acids is 6. The van der Waals surface area contributed by atoms with Gasteiger partial charge in [-0.15, -0.1) is 0 Å². The second-order valence-electron chi connectivity index (χ2n) is 6.55. The topological polar surface area (TPSA) is 288 Å². The minimum atomic E-state index is -0.912. The van der Waals surface area contributed by atoms with Gasteiger partial charge in [-0.3, -0.25) is 24.0 Å². The molecule has 0 bridgehead atoms. The molecule has 15 heteroatoms. The maximum atomic E-state index is 10.7. The Morgan fingerprint density at radius 2 is 1.00 bits per heavy atom. The number of aromatic carboxylic acids is 1. The number of benzene rings is 1. The lowest BCUT2D eigenvalue weighted by molar-refractivity contribution is -0.135. The highest BCUT2D eigenvalue weighted by Crippen LogP contribution is 2.06. The van der Waals surface area contributed by atoms with E-state index in [2.05, 4.69) is 5.32 Å². The van der Waals surface area contributed by atoms with Crippen LogP contribution in [0, 0.1) is 0 Å². The van der Waals surface area contributed by atoms with Gasteiger partial charge < -0.3 is 47.4 Å². The van der Waals surface area contributed by atoms with Crippen LogP contribution in [0.15, 0.2) is 24.3 Å². The third-order valence-corrected chi connectivity index (χ3v) is 2.43. The summed E-state index contributed by atoms with van der Waals surface area (Å²) < 4.78 is 0. The Labute approximate surface area is 214 Å². The number of hydrogen-bond donors (Lipinski definition) is 9. The fraction of sp³-hybridized carbons (Fsp3) is 0.455. The molecule has 0 aliphatic rings. The Balaban J connectivity index is -0.000000139. The van der Waals surface area contributed by atoms with Crippen molar-refractivity contribution in [2.75, 3.05) is 19.6 Å². The van der Waals surface area contributed by atoms with E-state index in [1.54, 1.807) is 24.3 Å². The summed E-state index contributed by atoms with van der Waals surface area (Å²) in [6.07, 6.45) is 0.720. The van der Waals surface area contributed by atoms with E-state index in [0.29, 0.717) is 18.7 Å². The molecule has 214 valence electrons. The van der Waals surface area contributed by atoms with Crippen molar-refractivity contribution in [1.29, 1.82) is 0 Å². The fourth-order valence-corrected chi connectivity index (χ4v) is 1.55. The molecule has 0 amide bonds. The molecular weight excluding hydrogens is 498 g/mol. The molecule has 37 heavy (non-hydrogen) atoms. The summed E-state index contributed by atoms with van der Waals surface area (Å²) in [5.41, 5.74) is 12.6. The molecule has 0 fully saturated rings. The molecule has 0 heterocycles. The highest BCUT2D eigenvalue weighted by Gasteiger charge is 2.05. The van der Waals surface area contributed by atoms with Gasteiger partial charge in [-0.2, -0.15) is 0 Å². The van der Waals surface area contributed by atoms with Gasteiger partial charge in [0.05, 0.1) is 5.56 Å². The Hall–Kier alpha value is -4.08. The van der Waals surface area contributed by atoms with Crippen LogP contribution in [0.25, 0.3) is 0 Å². The van der Waals surface area contributed by atoms with E-state index in [-0.39, 0.29) is 6.04 Å². The first-order chi connectivity index (χ1) is 16.8. The van der Waals surface area contributed by atoms with E-state index in [9.17, 15) is 4.79 Å². The second-order valence-corrected chi connectivity index (χ2v) is 6.55. The first-order valence-corrected chi connectivity index (χ1v) is 10.3. The number of carboxylic acid groups (broad SMARTS) is 6. The summed E-state index contributed by atoms with van der Waals surface area (Å²) in [5, 5.41) is 49.0. The first kappa shape index (κ1) is 43.0. The molecule has 15 nitrogen and oxygen atoms in total. The summed E-state index contributed by atoms with van der Waals surface area (Å²) in [5.74, 6) is -5.08. The molecule has 1 aromatic rings. The van der Waals surface area contributed by atoms with Crippen LogP contribution in [0.4, 0.5) is 0 Å². The second kappa shape index (κ2) is 30.0. The number of carbonyl (C=O) groups is 6. The molecule has 1 aromatic carbocycles. The molecule has 11 N–H and O–H groups in total. The van der Waals surface area contributed by atoms with Crippen molar-refractivity contribution in [2.45, 2.75) is 47.1 Å². The van der Waals surface area contributed by atoms with Gasteiger partial charge in [0.2, 0.25) is 0 Å². The van der Waals surface area contributed by atoms with Crippen molar-refractivity contribution in [1.82, 2.24) is 5.32 Å². The van der Waals surface area contributed by atoms with Gasteiger partial charge in [0, 0.05) is 60.3 Å². The standard InChI is InChI=1S/C12H19N3O2.5C2H4O2/c13-5-6-15-8-11(14)7-9-1-3-10(4-2-9)12(16)17;5*1-2(3)4/h1-4,11,15H,5-8,13-14H2,(H,16,17);5*1H3,(H,3,4). The third-order valence-electron chi connectivity index (χ3n) is 2.43. The lowest BCUT2D eigenvalue weighted by atomic mass is 10.0. The van der Waals surface area contributed by atoms with Crippen LogP contribution in [0.1, 0.15) is 50.5 Å². The number of nitrogens with two attached hydrogens (primary N) is 2. The highest BCUT2D eigenvalue weighted by atomic mass is 16.4. The van der Waals surface area contributed by atoms with Gasteiger partial charge in [-0.05, 0) is 24.1 Å². The average Bonchev–Trinajstić information content (AvgIpc) is 2.66. The molecule has 1 unspecified atom stereocenters. The van der Waals surface area contributed by atoms with Crippen LogP contribution in [-0.2, 0) is 30.4 Å². The van der Waals surface area contributed by atoms with Gasteiger partial charge in [0.25, 0.3) is 29.8 Å². The van der Waals surface area contributed by atoms with Crippen molar-refractivity contribution < 1.29 is 59.4 Å². The molecular formula is C22H39N3O12. The van der Waals surface area contributed by atoms with Crippen LogP contribution in [0.2, 0.25) is 0 Å². The Kier molecular flexibility index (Phi) is 34.8. The molecule has 0 radical (unpaired) electrons. The molecule has 0 saturated carbocycles. The van der Waals surface area contributed by atoms with Gasteiger partial charge in [0.15, 0.2) is 0 Å². The first-order valence-electron chi connectivity index (χ1n) is 10.3. The van der Waals surface area contributed by atoms with Gasteiger partial charge >= 0.3 is 5.97 Å². The van der Waals surface area contributed by atoms with Gasteiger partial charge in [-0.1, -0.05) is 12.1 Å². The zero-order chi connectivity index (χ0) is 30.6. The number of rotatable bonds is 7. The number of aliphatic carboxylic acids is 5. The largest absolute Gasteiger partial charge is 0.481 e. The van der Waals surface area contributed by atoms with Gasteiger partial charge in [0.1, 0.15) is 0 Å². The predicted molar refractivity (Wildman–Crippen MR) is 134 cm³/mol. The zero-order valence-corrected chi connectivity index (χ0v) is 21.5. The van der Waals surface area contributed by atoms with Crippen LogP contribution in [-0.4, -0.2) is 92.1 Å². The van der Waals surface area contributed by atoms with E-state index in [1.165, 1.54) is 0 Å². The van der Waals surface area contributed by atoms with Crippen molar-refractivity contribution in [3.8, 4) is 0 Å². The molecule has 0 aliphatic carbocycles. The maximum Gasteiger partial charge on any atom is 0.335 e. The predicted octanol–water partition coefficient (Wildman–Crippen LogP) is 0.257. The van der Waals surface area contributed by atoms with E-state index in [4.69, 9.17) is 66.1 Å². The summed E-state index contributed by atoms with van der Waals surface area (Å²) >= 11 is 0. The Morgan fingerprint density at radius 3 is 1.24 bits per heavy atom. The maximum absolute atomic E-state index is 10.7. The summed E-state index contributed by atoms with van der Waals surface area (Å²) in [6.45, 7) is 7.48. The third kappa shape index (κ3) is 79.8. The Bertz CT molecular complexity index is 694.